The summed E-state index contributed by atoms with van der Waals surface area (Å²) in [7, 11) is 0. The van der Waals surface area contributed by atoms with Crippen molar-refractivity contribution in [3.8, 4) is 67.1 Å². The second kappa shape index (κ2) is 11.6. The number of fused-ring (bicyclic) bond motifs is 3. The highest BCUT2D eigenvalue weighted by Gasteiger charge is 2.23. The molecule has 254 valence electrons. The molecule has 0 spiro atoms. The summed E-state index contributed by atoms with van der Waals surface area (Å²) < 4.78 is 6.69. The van der Waals surface area contributed by atoms with Gasteiger partial charge in [-0.05, 0) is 117 Å². The Kier molecular flexibility index (Phi) is 6.40. The summed E-state index contributed by atoms with van der Waals surface area (Å²) in [5.41, 5.74) is 12.1. The highest BCUT2D eigenvalue weighted by molar-refractivity contribution is 6.28. The molecular weight excluding hydrogens is 665 g/mol. The quantitative estimate of drug-likeness (QED) is 0.166. The number of benzene rings is 11. The fourth-order valence-corrected chi connectivity index (χ4v) is 9.35. The van der Waals surface area contributed by atoms with Crippen molar-refractivity contribution in [2.75, 3.05) is 0 Å². The van der Waals surface area contributed by atoms with E-state index in [9.17, 15) is 0 Å². The highest BCUT2D eigenvalue weighted by atomic mass is 16.5. The molecular formula is C54H32O. The van der Waals surface area contributed by atoms with Crippen molar-refractivity contribution in [2.24, 2.45) is 0 Å². The minimum atomic E-state index is 0.897. The molecule has 11 aromatic rings. The lowest BCUT2D eigenvalue weighted by Crippen LogP contribution is -1.98. The van der Waals surface area contributed by atoms with Gasteiger partial charge in [0.05, 0.1) is 0 Å². The van der Waals surface area contributed by atoms with Crippen molar-refractivity contribution in [3.05, 3.63) is 194 Å². The van der Waals surface area contributed by atoms with Gasteiger partial charge in [0.15, 0.2) is 0 Å². The zero-order chi connectivity index (χ0) is 36.0. The number of rotatable bonds is 4. The molecule has 11 aromatic carbocycles. The van der Waals surface area contributed by atoms with Gasteiger partial charge in [-0.1, -0.05) is 176 Å². The molecule has 55 heavy (non-hydrogen) atoms. The molecule has 0 aromatic heterocycles. The molecule has 0 unspecified atom stereocenters. The Hall–Kier alpha value is -7.22. The zero-order valence-corrected chi connectivity index (χ0v) is 29.9. The summed E-state index contributed by atoms with van der Waals surface area (Å²) in [4.78, 5) is 0. The predicted molar refractivity (Wildman–Crippen MR) is 232 cm³/mol. The molecule has 0 atom stereocenters. The zero-order valence-electron chi connectivity index (χ0n) is 29.9. The van der Waals surface area contributed by atoms with Crippen molar-refractivity contribution >= 4 is 53.9 Å². The molecule has 0 radical (unpaired) electrons. The highest BCUT2D eigenvalue weighted by Crippen LogP contribution is 2.51. The Morgan fingerprint density at radius 1 is 0.236 bits per heavy atom. The average Bonchev–Trinajstić information content (AvgIpc) is 3.26. The molecule has 0 aliphatic carbocycles. The standard InChI is InChI=1S/C54H32O/c1-3-10-33(11-4-1)37-22-25-45-47-17-9-16-46-44(30-31-50(54(46)47)55-51(45)32-37)42-29-28-41(39-14-7-8-15-40(39)42)43-24-19-36-20-26-48-38(34-12-5-2-6-13-34)23-18-35-21-27-49(43)53(36)52(35)48/h1-32H. The summed E-state index contributed by atoms with van der Waals surface area (Å²) >= 11 is 0. The van der Waals surface area contributed by atoms with Crippen molar-refractivity contribution in [2.45, 2.75) is 0 Å². The van der Waals surface area contributed by atoms with Gasteiger partial charge < -0.3 is 4.74 Å². The van der Waals surface area contributed by atoms with Gasteiger partial charge in [0, 0.05) is 10.9 Å². The van der Waals surface area contributed by atoms with Crippen LogP contribution in [0.4, 0.5) is 0 Å². The molecule has 1 nitrogen and oxygen atoms in total. The van der Waals surface area contributed by atoms with E-state index in [0.29, 0.717) is 0 Å². The third kappa shape index (κ3) is 4.48. The maximum Gasteiger partial charge on any atom is 0.135 e. The first-order valence-electron chi connectivity index (χ1n) is 19.0. The largest absolute Gasteiger partial charge is 0.456 e. The minimum Gasteiger partial charge on any atom is -0.456 e. The van der Waals surface area contributed by atoms with Crippen LogP contribution in [-0.4, -0.2) is 0 Å². The first kappa shape index (κ1) is 30.3. The smallest absolute Gasteiger partial charge is 0.135 e. The Balaban J connectivity index is 1.03. The van der Waals surface area contributed by atoms with Crippen LogP contribution in [0.1, 0.15) is 0 Å². The molecule has 0 N–H and O–H groups in total. The van der Waals surface area contributed by atoms with E-state index in [1.165, 1.54) is 93.0 Å². The van der Waals surface area contributed by atoms with Crippen molar-refractivity contribution in [3.63, 3.8) is 0 Å². The summed E-state index contributed by atoms with van der Waals surface area (Å²) in [5, 5.41) is 12.6. The lowest BCUT2D eigenvalue weighted by molar-refractivity contribution is 0.487. The topological polar surface area (TPSA) is 9.23 Å². The van der Waals surface area contributed by atoms with E-state index in [2.05, 4.69) is 194 Å². The van der Waals surface area contributed by atoms with Crippen molar-refractivity contribution in [1.82, 2.24) is 0 Å². The fraction of sp³-hybridized carbons (Fsp3) is 0. The van der Waals surface area contributed by atoms with Gasteiger partial charge in [0.2, 0.25) is 0 Å². The van der Waals surface area contributed by atoms with E-state index < -0.39 is 0 Å². The Bertz CT molecular complexity index is 3320. The van der Waals surface area contributed by atoms with Gasteiger partial charge in [-0.15, -0.1) is 0 Å². The van der Waals surface area contributed by atoms with E-state index in [4.69, 9.17) is 4.74 Å². The average molecular weight is 697 g/mol. The third-order valence-electron chi connectivity index (χ3n) is 11.9. The maximum absolute atomic E-state index is 6.69. The van der Waals surface area contributed by atoms with Crippen LogP contribution in [0.2, 0.25) is 0 Å². The second-order valence-electron chi connectivity index (χ2n) is 14.7. The van der Waals surface area contributed by atoms with Gasteiger partial charge in [-0.3, -0.25) is 0 Å². The van der Waals surface area contributed by atoms with E-state index in [1.807, 2.05) is 0 Å². The normalized spacial score (nSPS) is 12.1. The molecule has 12 rings (SSSR count). The molecule has 1 heterocycles. The third-order valence-corrected chi connectivity index (χ3v) is 11.9. The van der Waals surface area contributed by atoms with E-state index >= 15 is 0 Å². The summed E-state index contributed by atoms with van der Waals surface area (Å²) in [6, 6.07) is 70.9. The van der Waals surface area contributed by atoms with Crippen LogP contribution in [0.25, 0.3) is 109 Å². The van der Waals surface area contributed by atoms with Crippen LogP contribution >= 0.6 is 0 Å². The molecule has 0 amide bonds. The Labute approximate surface area is 318 Å². The lowest BCUT2D eigenvalue weighted by Gasteiger charge is -2.24. The first-order valence-corrected chi connectivity index (χ1v) is 19.0. The van der Waals surface area contributed by atoms with Gasteiger partial charge >= 0.3 is 0 Å². The number of hydrogen-bond donors (Lipinski definition) is 0. The summed E-state index contributed by atoms with van der Waals surface area (Å²) in [6.45, 7) is 0. The van der Waals surface area contributed by atoms with Crippen LogP contribution in [0.3, 0.4) is 0 Å². The monoisotopic (exact) mass is 696 g/mol. The molecule has 0 saturated carbocycles. The van der Waals surface area contributed by atoms with Crippen LogP contribution in [0.15, 0.2) is 194 Å². The van der Waals surface area contributed by atoms with Crippen molar-refractivity contribution < 1.29 is 4.74 Å². The Morgan fingerprint density at radius 3 is 1.42 bits per heavy atom. The predicted octanol–water partition coefficient (Wildman–Crippen LogP) is 15.3. The van der Waals surface area contributed by atoms with E-state index in [0.717, 1.165) is 28.0 Å². The molecule has 1 heteroatoms. The molecule has 0 saturated heterocycles. The van der Waals surface area contributed by atoms with Gasteiger partial charge in [0.25, 0.3) is 0 Å². The van der Waals surface area contributed by atoms with Crippen LogP contribution in [0.5, 0.6) is 11.5 Å². The maximum atomic E-state index is 6.69. The van der Waals surface area contributed by atoms with Gasteiger partial charge in [-0.2, -0.15) is 0 Å². The lowest BCUT2D eigenvalue weighted by atomic mass is 9.85. The van der Waals surface area contributed by atoms with Crippen LogP contribution in [-0.2, 0) is 0 Å². The van der Waals surface area contributed by atoms with Crippen LogP contribution in [0, 0.1) is 0 Å². The summed E-state index contributed by atoms with van der Waals surface area (Å²) in [5.74, 6) is 1.80. The second-order valence-corrected chi connectivity index (χ2v) is 14.7. The molecule has 0 bridgehead atoms. The van der Waals surface area contributed by atoms with E-state index in [1.54, 1.807) is 0 Å². The van der Waals surface area contributed by atoms with Crippen molar-refractivity contribution in [1.29, 1.82) is 0 Å². The fourth-order valence-electron chi connectivity index (χ4n) is 9.35. The van der Waals surface area contributed by atoms with Crippen LogP contribution < -0.4 is 4.74 Å². The first-order chi connectivity index (χ1) is 27.3. The minimum absolute atomic E-state index is 0.897. The van der Waals surface area contributed by atoms with Gasteiger partial charge in [0.1, 0.15) is 11.5 Å². The summed E-state index contributed by atoms with van der Waals surface area (Å²) in [6.07, 6.45) is 0. The number of hydrogen-bond acceptors (Lipinski definition) is 1. The SMILES string of the molecule is c1ccc(-c2ccc3c(c2)Oc2ccc(-c4ccc(-c5ccc6ccc7c(-c8ccccc8)ccc8ccc5c6c87)c5ccccc45)c4cccc-3c24)cc1. The number of ether oxygens (including phenoxy) is 1. The molecule has 0 fully saturated rings. The molecule has 1 aliphatic heterocycles. The van der Waals surface area contributed by atoms with Gasteiger partial charge in [-0.25, -0.2) is 0 Å². The molecule has 1 aliphatic rings. The Morgan fingerprint density at radius 2 is 0.727 bits per heavy atom. The van der Waals surface area contributed by atoms with E-state index in [-0.39, 0.29) is 0 Å².